The van der Waals surface area contributed by atoms with E-state index in [9.17, 15) is 33.0 Å². The molecule has 1 unspecified atom stereocenters. The van der Waals surface area contributed by atoms with Crippen molar-refractivity contribution >= 4 is 23.1 Å². The fourth-order valence-corrected chi connectivity index (χ4v) is 4.10. The molecule has 1 saturated heterocycles. The SMILES string of the molecule is COc1cccc(OC)c1/C(O)=C1\C(=O)C(=O)N(c2ccc(OC(F)(F)F)cc2)C1c1ccc(O)cc1. The highest BCUT2D eigenvalue weighted by atomic mass is 19.4. The third-order valence-electron chi connectivity index (χ3n) is 5.67. The Labute approximate surface area is 208 Å². The molecule has 0 bridgehead atoms. The third kappa shape index (κ3) is 4.88. The number of ketones is 1. The van der Waals surface area contributed by atoms with Gasteiger partial charge in [0.1, 0.15) is 34.3 Å². The normalized spacial score (nSPS) is 17.1. The number of phenolic OH excluding ortho intramolecular Hbond substituents is 1. The molecular weight excluding hydrogens is 495 g/mol. The number of ether oxygens (including phenoxy) is 3. The number of methoxy groups -OCH3 is 2. The lowest BCUT2D eigenvalue weighted by atomic mass is 9.94. The van der Waals surface area contributed by atoms with Crippen molar-refractivity contribution in [1.82, 2.24) is 0 Å². The predicted octanol–water partition coefficient (Wildman–Crippen LogP) is 4.93. The quantitative estimate of drug-likeness (QED) is 0.272. The maximum absolute atomic E-state index is 13.3. The van der Waals surface area contributed by atoms with E-state index in [1.807, 2.05) is 0 Å². The van der Waals surface area contributed by atoms with Crippen LogP contribution in [0, 0.1) is 0 Å². The van der Waals surface area contributed by atoms with Crippen molar-refractivity contribution < 1.29 is 47.2 Å². The summed E-state index contributed by atoms with van der Waals surface area (Å²) in [5.74, 6) is -2.92. The monoisotopic (exact) mass is 515 g/mol. The molecule has 1 fully saturated rings. The predicted molar refractivity (Wildman–Crippen MR) is 126 cm³/mol. The fraction of sp³-hybridized carbons (Fsp3) is 0.154. The van der Waals surface area contributed by atoms with Crippen LogP contribution in [-0.4, -0.2) is 42.5 Å². The standard InChI is InChI=1S/C26H20F3NO7/c1-35-18-4-3-5-19(36-2)20(18)23(32)21-22(14-6-10-16(31)11-7-14)30(25(34)24(21)33)15-8-12-17(13-9-15)37-26(27,28)29/h3-13,22,31-32H,1-2H3/b23-21+. The minimum atomic E-state index is -4.91. The van der Waals surface area contributed by atoms with Gasteiger partial charge in [0.2, 0.25) is 0 Å². The van der Waals surface area contributed by atoms with Crippen molar-refractivity contribution in [3.63, 3.8) is 0 Å². The highest BCUT2D eigenvalue weighted by Crippen LogP contribution is 2.45. The van der Waals surface area contributed by atoms with Gasteiger partial charge >= 0.3 is 6.36 Å². The summed E-state index contributed by atoms with van der Waals surface area (Å²) < 4.78 is 52.3. The second-order valence-corrected chi connectivity index (χ2v) is 7.84. The summed E-state index contributed by atoms with van der Waals surface area (Å²) in [6.45, 7) is 0. The molecule has 4 rings (SSSR count). The van der Waals surface area contributed by atoms with Gasteiger partial charge in [-0.25, -0.2) is 0 Å². The van der Waals surface area contributed by atoms with Gasteiger partial charge in [-0.3, -0.25) is 14.5 Å². The molecular formula is C26H20F3NO7. The molecule has 1 heterocycles. The second-order valence-electron chi connectivity index (χ2n) is 7.84. The third-order valence-corrected chi connectivity index (χ3v) is 5.67. The first kappa shape index (κ1) is 25.4. The maximum Gasteiger partial charge on any atom is 0.573 e. The molecule has 37 heavy (non-hydrogen) atoms. The first-order chi connectivity index (χ1) is 17.6. The number of carbonyl (C=O) groups excluding carboxylic acids is 2. The number of halogens is 3. The summed E-state index contributed by atoms with van der Waals surface area (Å²) >= 11 is 0. The summed E-state index contributed by atoms with van der Waals surface area (Å²) in [5, 5.41) is 21.1. The Hall–Kier alpha value is -4.67. The average molecular weight is 515 g/mol. The van der Waals surface area contributed by atoms with Gasteiger partial charge in [0.05, 0.1) is 25.8 Å². The molecule has 1 aliphatic rings. The number of benzene rings is 3. The van der Waals surface area contributed by atoms with E-state index in [1.54, 1.807) is 6.07 Å². The number of anilines is 1. The number of hydrogen-bond acceptors (Lipinski definition) is 7. The lowest BCUT2D eigenvalue weighted by molar-refractivity contribution is -0.274. The van der Waals surface area contributed by atoms with Gasteiger partial charge in [0.25, 0.3) is 11.7 Å². The minimum Gasteiger partial charge on any atom is -0.508 e. The zero-order chi connectivity index (χ0) is 26.9. The van der Waals surface area contributed by atoms with Gasteiger partial charge in [-0.05, 0) is 54.1 Å². The molecule has 3 aromatic rings. The highest BCUT2D eigenvalue weighted by Gasteiger charge is 2.47. The van der Waals surface area contributed by atoms with Crippen LogP contribution in [-0.2, 0) is 9.59 Å². The van der Waals surface area contributed by atoms with Crippen LogP contribution in [0.5, 0.6) is 23.0 Å². The van der Waals surface area contributed by atoms with Gasteiger partial charge < -0.3 is 24.4 Å². The largest absolute Gasteiger partial charge is 0.573 e. The van der Waals surface area contributed by atoms with Crippen molar-refractivity contribution in [1.29, 1.82) is 0 Å². The van der Waals surface area contributed by atoms with Crippen molar-refractivity contribution in [2.45, 2.75) is 12.4 Å². The Morgan fingerprint density at radius 3 is 1.97 bits per heavy atom. The van der Waals surface area contributed by atoms with Gasteiger partial charge in [-0.2, -0.15) is 0 Å². The number of Topliss-reactive ketones (excluding diaryl/α,β-unsaturated/α-hetero) is 1. The van der Waals surface area contributed by atoms with Crippen molar-refractivity contribution in [2.24, 2.45) is 0 Å². The first-order valence-corrected chi connectivity index (χ1v) is 10.7. The van der Waals surface area contributed by atoms with E-state index in [0.29, 0.717) is 5.56 Å². The molecule has 11 heteroatoms. The van der Waals surface area contributed by atoms with Crippen LogP contribution in [0.1, 0.15) is 17.2 Å². The molecule has 0 spiro atoms. The molecule has 0 aliphatic carbocycles. The van der Waals surface area contributed by atoms with Crippen molar-refractivity contribution in [3.05, 3.63) is 83.4 Å². The summed E-state index contributed by atoms with van der Waals surface area (Å²) in [7, 11) is 2.71. The minimum absolute atomic E-state index is 0.0307. The van der Waals surface area contributed by atoms with Crippen LogP contribution in [0.2, 0.25) is 0 Å². The lowest BCUT2D eigenvalue weighted by Crippen LogP contribution is -2.29. The number of alkyl halides is 3. The summed E-state index contributed by atoms with van der Waals surface area (Å²) in [5.41, 5.74) is 0.126. The molecule has 1 aliphatic heterocycles. The van der Waals surface area contributed by atoms with Crippen LogP contribution < -0.4 is 19.1 Å². The molecule has 1 amide bonds. The Balaban J connectivity index is 1.92. The van der Waals surface area contributed by atoms with Crippen molar-refractivity contribution in [3.8, 4) is 23.0 Å². The second kappa shape index (κ2) is 9.76. The van der Waals surface area contributed by atoms with E-state index in [4.69, 9.17) is 9.47 Å². The summed E-state index contributed by atoms with van der Waals surface area (Å²) in [4.78, 5) is 27.6. The first-order valence-electron chi connectivity index (χ1n) is 10.7. The number of aromatic hydroxyl groups is 1. The topological polar surface area (TPSA) is 106 Å². The van der Waals surface area contributed by atoms with E-state index >= 15 is 0 Å². The molecule has 0 aromatic heterocycles. The van der Waals surface area contributed by atoms with E-state index in [1.165, 1.54) is 62.8 Å². The van der Waals surface area contributed by atoms with Gasteiger partial charge in [0.15, 0.2) is 0 Å². The zero-order valence-electron chi connectivity index (χ0n) is 19.4. The van der Waals surface area contributed by atoms with Crippen molar-refractivity contribution in [2.75, 3.05) is 19.1 Å². The van der Waals surface area contributed by atoms with Crippen LogP contribution >= 0.6 is 0 Å². The molecule has 8 nitrogen and oxygen atoms in total. The number of aliphatic hydroxyl groups excluding tert-OH is 1. The number of carbonyl (C=O) groups is 2. The van der Waals surface area contributed by atoms with E-state index in [2.05, 4.69) is 4.74 Å². The summed E-state index contributed by atoms with van der Waals surface area (Å²) in [6.07, 6.45) is -4.91. The smallest absolute Gasteiger partial charge is 0.508 e. The molecule has 1 atom stereocenters. The van der Waals surface area contributed by atoms with Crippen LogP contribution in [0.4, 0.5) is 18.9 Å². The molecule has 3 aromatic carbocycles. The van der Waals surface area contributed by atoms with Gasteiger partial charge in [0, 0.05) is 5.69 Å². The van der Waals surface area contributed by atoms with E-state index in [-0.39, 0.29) is 34.1 Å². The zero-order valence-corrected chi connectivity index (χ0v) is 19.4. The number of nitrogens with zero attached hydrogens (tertiary/aromatic N) is 1. The lowest BCUT2D eigenvalue weighted by Gasteiger charge is -2.26. The summed E-state index contributed by atoms with van der Waals surface area (Å²) in [6, 6.07) is 13.4. The Morgan fingerprint density at radius 1 is 0.892 bits per heavy atom. The Morgan fingerprint density at radius 2 is 1.46 bits per heavy atom. The van der Waals surface area contributed by atoms with Crippen LogP contribution in [0.25, 0.3) is 5.76 Å². The number of rotatable bonds is 6. The average Bonchev–Trinajstić information content (AvgIpc) is 3.13. The fourth-order valence-electron chi connectivity index (χ4n) is 4.10. The van der Waals surface area contributed by atoms with E-state index < -0.39 is 35.6 Å². The Kier molecular flexibility index (Phi) is 6.71. The number of hydrogen-bond donors (Lipinski definition) is 2. The number of phenols is 1. The molecule has 192 valence electrons. The number of amides is 1. The molecule has 0 saturated carbocycles. The van der Waals surface area contributed by atoms with Crippen LogP contribution in [0.3, 0.4) is 0 Å². The molecule has 2 N–H and O–H groups in total. The molecule has 0 radical (unpaired) electrons. The van der Waals surface area contributed by atoms with Gasteiger partial charge in [-0.1, -0.05) is 18.2 Å². The number of aliphatic hydroxyl groups is 1. The maximum atomic E-state index is 13.3. The van der Waals surface area contributed by atoms with E-state index in [0.717, 1.165) is 17.0 Å². The van der Waals surface area contributed by atoms with Crippen LogP contribution in [0.15, 0.2) is 72.3 Å². The highest BCUT2D eigenvalue weighted by molar-refractivity contribution is 6.51. The Bertz CT molecular complexity index is 1340. The van der Waals surface area contributed by atoms with Gasteiger partial charge in [-0.15, -0.1) is 13.2 Å².